The van der Waals surface area contributed by atoms with E-state index in [0.717, 1.165) is 31.0 Å². The molecule has 2 aromatic heterocycles. The van der Waals surface area contributed by atoms with Gasteiger partial charge in [0.25, 0.3) is 11.7 Å². The number of aryl methyl sites for hydroxylation is 3. The Morgan fingerprint density at radius 1 is 1.04 bits per heavy atom. The van der Waals surface area contributed by atoms with Crippen molar-refractivity contribution < 1.29 is 4.79 Å². The van der Waals surface area contributed by atoms with E-state index >= 15 is 0 Å². The SMILES string of the molecule is Cc1cccc(CN2CCN(C(=O)c3nc4nc(C)cc(C)n4n3)CC2)c1. The van der Waals surface area contributed by atoms with E-state index in [1.54, 1.807) is 4.52 Å². The molecule has 4 rings (SSSR count). The van der Waals surface area contributed by atoms with Gasteiger partial charge in [0.05, 0.1) is 0 Å². The molecule has 1 amide bonds. The van der Waals surface area contributed by atoms with Gasteiger partial charge < -0.3 is 4.90 Å². The molecule has 3 heterocycles. The Labute approximate surface area is 158 Å². The standard InChI is InChI=1S/C20H24N6O/c1-14-5-4-6-17(11-14)13-24-7-9-25(10-8-24)19(27)18-22-20-21-15(2)12-16(3)26(20)23-18/h4-6,11-12H,7-10,13H2,1-3H3. The van der Waals surface area contributed by atoms with Crippen LogP contribution >= 0.6 is 0 Å². The number of amides is 1. The fourth-order valence-corrected chi connectivity index (χ4v) is 3.58. The summed E-state index contributed by atoms with van der Waals surface area (Å²) in [4.78, 5) is 25.7. The van der Waals surface area contributed by atoms with Crippen LogP contribution in [0, 0.1) is 20.8 Å². The Balaban J connectivity index is 1.42. The summed E-state index contributed by atoms with van der Waals surface area (Å²) in [6.07, 6.45) is 0. The topological polar surface area (TPSA) is 66.6 Å². The Bertz CT molecular complexity index is 987. The molecule has 0 bridgehead atoms. The van der Waals surface area contributed by atoms with Gasteiger partial charge in [-0.1, -0.05) is 29.8 Å². The van der Waals surface area contributed by atoms with Gasteiger partial charge in [-0.25, -0.2) is 9.50 Å². The second-order valence-electron chi connectivity index (χ2n) is 7.24. The van der Waals surface area contributed by atoms with Crippen LogP contribution in [0.3, 0.4) is 0 Å². The molecule has 0 saturated carbocycles. The minimum atomic E-state index is -0.118. The number of hydrogen-bond donors (Lipinski definition) is 0. The van der Waals surface area contributed by atoms with Crippen LogP contribution in [-0.4, -0.2) is 61.5 Å². The summed E-state index contributed by atoms with van der Waals surface area (Å²) in [7, 11) is 0. The van der Waals surface area contributed by atoms with Gasteiger partial charge in [-0.15, -0.1) is 5.10 Å². The maximum Gasteiger partial charge on any atom is 0.293 e. The maximum atomic E-state index is 12.8. The Morgan fingerprint density at radius 2 is 1.81 bits per heavy atom. The smallest absolute Gasteiger partial charge is 0.293 e. The lowest BCUT2D eigenvalue weighted by Gasteiger charge is -2.34. The summed E-state index contributed by atoms with van der Waals surface area (Å²) in [6, 6.07) is 10.5. The van der Waals surface area contributed by atoms with Gasteiger partial charge in [0, 0.05) is 44.1 Å². The molecule has 1 fully saturated rings. The number of nitrogens with zero attached hydrogens (tertiary/aromatic N) is 6. The number of carbonyl (C=O) groups excluding carboxylic acids is 1. The van der Waals surface area contributed by atoms with Gasteiger partial charge in [-0.3, -0.25) is 9.69 Å². The molecule has 3 aromatic rings. The first-order chi connectivity index (χ1) is 13.0. The molecule has 0 radical (unpaired) electrons. The normalized spacial score (nSPS) is 15.4. The third-order valence-electron chi connectivity index (χ3n) is 4.96. The van der Waals surface area contributed by atoms with Crippen LogP contribution in [0.4, 0.5) is 0 Å². The first kappa shape index (κ1) is 17.6. The molecular formula is C20H24N6O. The van der Waals surface area contributed by atoms with Crippen molar-refractivity contribution in [3.63, 3.8) is 0 Å². The molecule has 0 aliphatic carbocycles. The van der Waals surface area contributed by atoms with Crippen molar-refractivity contribution in [2.24, 2.45) is 0 Å². The van der Waals surface area contributed by atoms with E-state index in [1.807, 2.05) is 24.8 Å². The van der Waals surface area contributed by atoms with Crippen molar-refractivity contribution in [2.75, 3.05) is 26.2 Å². The summed E-state index contributed by atoms with van der Waals surface area (Å²) in [5, 5.41) is 4.36. The third-order valence-corrected chi connectivity index (χ3v) is 4.96. The van der Waals surface area contributed by atoms with Gasteiger partial charge >= 0.3 is 0 Å². The van der Waals surface area contributed by atoms with Crippen molar-refractivity contribution in [3.8, 4) is 0 Å². The highest BCUT2D eigenvalue weighted by atomic mass is 16.2. The largest absolute Gasteiger partial charge is 0.333 e. The zero-order valence-electron chi connectivity index (χ0n) is 16.0. The van der Waals surface area contributed by atoms with E-state index in [1.165, 1.54) is 11.1 Å². The lowest BCUT2D eigenvalue weighted by atomic mass is 10.1. The average Bonchev–Trinajstić information content (AvgIpc) is 3.06. The van der Waals surface area contributed by atoms with Crippen LogP contribution < -0.4 is 0 Å². The summed E-state index contributed by atoms with van der Waals surface area (Å²) in [5.74, 6) is 0.588. The zero-order chi connectivity index (χ0) is 19.0. The molecule has 7 heteroatoms. The minimum Gasteiger partial charge on any atom is -0.333 e. The number of carbonyl (C=O) groups is 1. The highest BCUT2D eigenvalue weighted by molar-refractivity contribution is 5.91. The lowest BCUT2D eigenvalue weighted by Crippen LogP contribution is -2.48. The van der Waals surface area contributed by atoms with Crippen molar-refractivity contribution in [3.05, 3.63) is 58.7 Å². The first-order valence-corrected chi connectivity index (χ1v) is 9.28. The number of hydrogen-bond acceptors (Lipinski definition) is 5. The van der Waals surface area contributed by atoms with Crippen molar-refractivity contribution in [1.29, 1.82) is 0 Å². The lowest BCUT2D eigenvalue weighted by molar-refractivity contribution is 0.0617. The van der Waals surface area contributed by atoms with Crippen LogP contribution in [-0.2, 0) is 6.54 Å². The van der Waals surface area contributed by atoms with Gasteiger partial charge in [0.15, 0.2) is 0 Å². The summed E-state index contributed by atoms with van der Waals surface area (Å²) < 4.78 is 1.63. The molecule has 27 heavy (non-hydrogen) atoms. The van der Waals surface area contributed by atoms with Crippen molar-refractivity contribution >= 4 is 11.7 Å². The van der Waals surface area contributed by atoms with E-state index < -0.39 is 0 Å². The highest BCUT2D eigenvalue weighted by Crippen LogP contribution is 2.12. The molecule has 7 nitrogen and oxygen atoms in total. The Kier molecular flexibility index (Phi) is 4.61. The Morgan fingerprint density at radius 3 is 2.56 bits per heavy atom. The summed E-state index contributed by atoms with van der Waals surface area (Å²) in [6.45, 7) is 9.95. The van der Waals surface area contributed by atoms with E-state index in [4.69, 9.17) is 0 Å². The molecule has 1 aromatic carbocycles. The van der Waals surface area contributed by atoms with E-state index in [-0.39, 0.29) is 11.7 Å². The number of fused-ring (bicyclic) bond motifs is 1. The molecule has 1 aliphatic rings. The van der Waals surface area contributed by atoms with Crippen LogP contribution in [0.25, 0.3) is 5.78 Å². The van der Waals surface area contributed by atoms with Crippen LogP contribution in [0.15, 0.2) is 30.3 Å². The van der Waals surface area contributed by atoms with Gasteiger partial charge in [0.1, 0.15) is 0 Å². The third kappa shape index (κ3) is 3.68. The predicted molar refractivity (Wildman–Crippen MR) is 103 cm³/mol. The summed E-state index contributed by atoms with van der Waals surface area (Å²) in [5.41, 5.74) is 4.38. The number of benzene rings is 1. The maximum absolute atomic E-state index is 12.8. The molecular weight excluding hydrogens is 340 g/mol. The second-order valence-corrected chi connectivity index (χ2v) is 7.24. The molecule has 0 atom stereocenters. The van der Waals surface area contributed by atoms with E-state index in [2.05, 4.69) is 51.2 Å². The predicted octanol–water partition coefficient (Wildman–Crippen LogP) is 2.01. The zero-order valence-corrected chi connectivity index (χ0v) is 16.0. The monoisotopic (exact) mass is 364 g/mol. The number of rotatable bonds is 3. The number of aromatic nitrogens is 4. The molecule has 140 valence electrons. The van der Waals surface area contributed by atoms with Gasteiger partial charge in [-0.05, 0) is 32.4 Å². The number of piperazine rings is 1. The molecule has 0 spiro atoms. The minimum absolute atomic E-state index is 0.118. The first-order valence-electron chi connectivity index (χ1n) is 9.28. The van der Waals surface area contributed by atoms with Crippen LogP contribution in [0.5, 0.6) is 0 Å². The van der Waals surface area contributed by atoms with Crippen molar-refractivity contribution in [2.45, 2.75) is 27.3 Å². The van der Waals surface area contributed by atoms with Crippen LogP contribution in [0.1, 0.15) is 33.1 Å². The molecule has 0 N–H and O–H groups in total. The highest BCUT2D eigenvalue weighted by Gasteiger charge is 2.25. The average molecular weight is 364 g/mol. The molecule has 0 unspecified atom stereocenters. The Hall–Kier alpha value is -2.80. The van der Waals surface area contributed by atoms with Crippen LogP contribution in [0.2, 0.25) is 0 Å². The van der Waals surface area contributed by atoms with Crippen molar-refractivity contribution in [1.82, 2.24) is 29.4 Å². The van der Waals surface area contributed by atoms with Gasteiger partial charge in [-0.2, -0.15) is 4.98 Å². The molecule has 1 aliphatic heterocycles. The molecule has 1 saturated heterocycles. The quantitative estimate of drug-likeness (QED) is 0.711. The fourth-order valence-electron chi connectivity index (χ4n) is 3.58. The second kappa shape index (κ2) is 7.08. The van der Waals surface area contributed by atoms with E-state index in [0.29, 0.717) is 18.9 Å². The van der Waals surface area contributed by atoms with Gasteiger partial charge in [0.2, 0.25) is 5.82 Å². The van der Waals surface area contributed by atoms with E-state index in [9.17, 15) is 4.79 Å². The fraction of sp³-hybridized carbons (Fsp3) is 0.400. The summed E-state index contributed by atoms with van der Waals surface area (Å²) >= 11 is 0.